The van der Waals surface area contributed by atoms with Crippen LogP contribution in [0.5, 0.6) is 11.5 Å². The minimum Gasteiger partial charge on any atom is -0.493 e. The SMILES string of the molecule is CNc1nc2c(C)cccn2c(=O)c1C=C1SC(=S)N(CCc2ccc(OC)c(OC)c2)C1=O. The maximum atomic E-state index is 13.2. The highest BCUT2D eigenvalue weighted by Gasteiger charge is 2.32. The summed E-state index contributed by atoms with van der Waals surface area (Å²) >= 11 is 6.65. The van der Waals surface area contributed by atoms with Crippen molar-refractivity contribution in [1.82, 2.24) is 14.3 Å². The topological polar surface area (TPSA) is 85.2 Å². The Balaban J connectivity index is 1.61. The summed E-state index contributed by atoms with van der Waals surface area (Å²) in [6.45, 7) is 2.30. The third-order valence-electron chi connectivity index (χ3n) is 5.54. The van der Waals surface area contributed by atoms with Gasteiger partial charge < -0.3 is 14.8 Å². The molecule has 1 fully saturated rings. The van der Waals surface area contributed by atoms with Gasteiger partial charge in [0.2, 0.25) is 0 Å². The van der Waals surface area contributed by atoms with Crippen LogP contribution in [-0.4, -0.2) is 52.3 Å². The van der Waals surface area contributed by atoms with E-state index in [4.69, 9.17) is 21.7 Å². The van der Waals surface area contributed by atoms with Crippen LogP contribution < -0.4 is 20.3 Å². The number of hydrogen-bond donors (Lipinski definition) is 1. The monoisotopic (exact) mass is 496 g/mol. The average Bonchev–Trinajstić information content (AvgIpc) is 3.11. The number of thiocarbonyl (C=S) groups is 1. The van der Waals surface area contributed by atoms with Gasteiger partial charge in [-0.25, -0.2) is 4.98 Å². The average molecular weight is 497 g/mol. The molecular formula is C24H24N4O4S2. The van der Waals surface area contributed by atoms with E-state index in [1.165, 1.54) is 16.2 Å². The van der Waals surface area contributed by atoms with Crippen molar-refractivity contribution in [2.75, 3.05) is 33.1 Å². The standard InChI is InChI=1S/C24H24N4O4S2/c1-14-6-5-10-27-21(14)26-20(25-2)16(22(27)29)13-19-23(30)28(24(33)34-19)11-9-15-7-8-17(31-3)18(12-15)32-4/h5-8,10,12-13,25H,9,11H2,1-4H3. The predicted octanol–water partition coefficient (Wildman–Crippen LogP) is 3.51. The number of nitrogens with one attached hydrogen (secondary N) is 1. The molecule has 1 amide bonds. The fourth-order valence-corrected chi connectivity index (χ4v) is 5.02. The van der Waals surface area contributed by atoms with Crippen molar-refractivity contribution in [3.63, 3.8) is 0 Å². The number of amides is 1. The van der Waals surface area contributed by atoms with Crippen LogP contribution in [-0.2, 0) is 11.2 Å². The van der Waals surface area contributed by atoms with E-state index in [2.05, 4.69) is 10.3 Å². The molecule has 0 bridgehead atoms. The number of ether oxygens (including phenoxy) is 2. The summed E-state index contributed by atoms with van der Waals surface area (Å²) in [7, 11) is 4.86. The van der Waals surface area contributed by atoms with Crippen LogP contribution >= 0.6 is 24.0 Å². The third-order valence-corrected chi connectivity index (χ3v) is 6.92. The number of hydrogen-bond acceptors (Lipinski definition) is 8. The van der Waals surface area contributed by atoms with Crippen LogP contribution in [0.3, 0.4) is 0 Å². The number of aryl methyl sites for hydroxylation is 1. The number of carbonyl (C=O) groups excluding carboxylic acids is 1. The quantitative estimate of drug-likeness (QED) is 0.393. The smallest absolute Gasteiger partial charge is 0.267 e. The Labute approximate surface area is 206 Å². The van der Waals surface area contributed by atoms with Gasteiger partial charge in [0.15, 0.2) is 11.5 Å². The van der Waals surface area contributed by atoms with E-state index >= 15 is 0 Å². The number of pyridine rings is 1. The molecule has 0 spiro atoms. The van der Waals surface area contributed by atoms with Crippen molar-refractivity contribution < 1.29 is 14.3 Å². The van der Waals surface area contributed by atoms with Crippen molar-refractivity contribution in [2.24, 2.45) is 0 Å². The molecule has 0 saturated carbocycles. The Morgan fingerprint density at radius 2 is 1.94 bits per heavy atom. The second-order valence-electron chi connectivity index (χ2n) is 7.59. The van der Waals surface area contributed by atoms with E-state index in [9.17, 15) is 9.59 Å². The van der Waals surface area contributed by atoms with E-state index in [0.29, 0.717) is 50.7 Å². The van der Waals surface area contributed by atoms with Gasteiger partial charge in [-0.05, 0) is 48.7 Å². The number of rotatable bonds is 7. The lowest BCUT2D eigenvalue weighted by Gasteiger charge is -2.15. The van der Waals surface area contributed by atoms with Gasteiger partial charge in [0.25, 0.3) is 11.5 Å². The zero-order valence-electron chi connectivity index (χ0n) is 19.2. The van der Waals surface area contributed by atoms with Gasteiger partial charge in [-0.1, -0.05) is 36.1 Å². The van der Waals surface area contributed by atoms with Crippen LogP contribution in [0.4, 0.5) is 5.82 Å². The molecule has 0 aliphatic carbocycles. The van der Waals surface area contributed by atoms with Crippen molar-refractivity contribution in [3.05, 3.63) is 68.5 Å². The summed E-state index contributed by atoms with van der Waals surface area (Å²) in [5.74, 6) is 1.45. The predicted molar refractivity (Wildman–Crippen MR) is 139 cm³/mol. The Morgan fingerprint density at radius 1 is 1.18 bits per heavy atom. The van der Waals surface area contributed by atoms with Gasteiger partial charge in [-0.2, -0.15) is 0 Å². The molecule has 0 radical (unpaired) electrons. The molecule has 34 heavy (non-hydrogen) atoms. The molecule has 8 nitrogen and oxygen atoms in total. The van der Waals surface area contributed by atoms with Gasteiger partial charge in [-0.3, -0.25) is 18.9 Å². The summed E-state index contributed by atoms with van der Waals surface area (Å²) in [6.07, 6.45) is 3.83. The Hall–Kier alpha value is -3.37. The second kappa shape index (κ2) is 9.86. The lowest BCUT2D eigenvalue weighted by Crippen LogP contribution is -2.30. The third kappa shape index (κ3) is 4.38. The fraction of sp³-hybridized carbons (Fsp3) is 0.250. The molecule has 0 unspecified atom stereocenters. The first-order chi connectivity index (χ1) is 16.4. The molecule has 1 aliphatic heterocycles. The largest absolute Gasteiger partial charge is 0.493 e. The van der Waals surface area contributed by atoms with Crippen LogP contribution in [0, 0.1) is 6.92 Å². The number of anilines is 1. The molecule has 176 valence electrons. The van der Waals surface area contributed by atoms with Crippen LogP contribution in [0.1, 0.15) is 16.7 Å². The number of aromatic nitrogens is 2. The first kappa shape index (κ1) is 23.8. The summed E-state index contributed by atoms with van der Waals surface area (Å²) in [5.41, 5.74) is 2.49. The Morgan fingerprint density at radius 3 is 2.65 bits per heavy atom. The van der Waals surface area contributed by atoms with Crippen LogP contribution in [0.15, 0.2) is 46.2 Å². The maximum absolute atomic E-state index is 13.2. The number of nitrogens with zero attached hydrogens (tertiary/aromatic N) is 3. The number of carbonyl (C=O) groups is 1. The number of benzene rings is 1. The van der Waals surface area contributed by atoms with Gasteiger partial charge in [0.05, 0.1) is 24.7 Å². The fourth-order valence-electron chi connectivity index (χ4n) is 3.73. The molecule has 4 rings (SSSR count). The van der Waals surface area contributed by atoms with Crippen LogP contribution in [0.2, 0.25) is 0 Å². The molecular weight excluding hydrogens is 472 g/mol. The molecule has 0 atom stereocenters. The Bertz CT molecular complexity index is 1380. The molecule has 2 aromatic heterocycles. The molecule has 3 heterocycles. The van der Waals surface area contributed by atoms with E-state index in [0.717, 1.165) is 11.1 Å². The summed E-state index contributed by atoms with van der Waals surface area (Å²) in [6, 6.07) is 9.33. The highest BCUT2D eigenvalue weighted by Crippen LogP contribution is 2.34. The molecule has 1 aliphatic rings. The van der Waals surface area contributed by atoms with E-state index < -0.39 is 0 Å². The number of fused-ring (bicyclic) bond motifs is 1. The summed E-state index contributed by atoms with van der Waals surface area (Å²) < 4.78 is 12.6. The van der Waals surface area contributed by atoms with Crippen molar-refractivity contribution in [3.8, 4) is 11.5 Å². The van der Waals surface area contributed by atoms with E-state index in [-0.39, 0.29) is 11.5 Å². The summed E-state index contributed by atoms with van der Waals surface area (Å²) in [5, 5.41) is 2.98. The molecule has 10 heteroatoms. The van der Waals surface area contributed by atoms with Gasteiger partial charge in [0, 0.05) is 19.8 Å². The van der Waals surface area contributed by atoms with E-state index in [1.807, 2.05) is 31.2 Å². The lowest BCUT2D eigenvalue weighted by atomic mass is 10.1. The minimum absolute atomic E-state index is 0.230. The van der Waals surface area contributed by atoms with Crippen molar-refractivity contribution in [1.29, 1.82) is 0 Å². The van der Waals surface area contributed by atoms with Gasteiger partial charge >= 0.3 is 0 Å². The van der Waals surface area contributed by atoms with Crippen molar-refractivity contribution in [2.45, 2.75) is 13.3 Å². The first-order valence-corrected chi connectivity index (χ1v) is 11.8. The van der Waals surface area contributed by atoms with Gasteiger partial charge in [-0.15, -0.1) is 0 Å². The first-order valence-electron chi connectivity index (χ1n) is 10.5. The molecule has 3 aromatic rings. The summed E-state index contributed by atoms with van der Waals surface area (Å²) in [4.78, 5) is 32.9. The lowest BCUT2D eigenvalue weighted by molar-refractivity contribution is -0.122. The number of thioether (sulfide) groups is 1. The van der Waals surface area contributed by atoms with E-state index in [1.54, 1.807) is 44.5 Å². The zero-order chi connectivity index (χ0) is 24.4. The highest BCUT2D eigenvalue weighted by molar-refractivity contribution is 8.26. The Kier molecular flexibility index (Phi) is 6.90. The number of methoxy groups -OCH3 is 2. The molecule has 1 aromatic carbocycles. The van der Waals surface area contributed by atoms with Gasteiger partial charge in [0.1, 0.15) is 15.8 Å². The maximum Gasteiger partial charge on any atom is 0.267 e. The molecule has 1 N–H and O–H groups in total. The second-order valence-corrected chi connectivity index (χ2v) is 9.26. The molecule has 1 saturated heterocycles. The highest BCUT2D eigenvalue weighted by atomic mass is 32.2. The van der Waals surface area contributed by atoms with Crippen LogP contribution in [0.25, 0.3) is 11.7 Å². The normalized spacial score (nSPS) is 14.8. The zero-order valence-corrected chi connectivity index (χ0v) is 20.9. The minimum atomic E-state index is -0.256. The van der Waals surface area contributed by atoms with Crippen molar-refractivity contribution >= 4 is 51.7 Å².